The lowest BCUT2D eigenvalue weighted by atomic mass is 10.2. The second-order valence-electron chi connectivity index (χ2n) is 4.96. The smallest absolute Gasteiger partial charge is 0.350 e. The maximum atomic E-state index is 11.6. The first kappa shape index (κ1) is 19.5. The highest BCUT2D eigenvalue weighted by Crippen LogP contribution is 2.34. The summed E-state index contributed by atoms with van der Waals surface area (Å²) < 4.78 is 10.2. The van der Waals surface area contributed by atoms with Crippen LogP contribution in [0.2, 0.25) is 10.0 Å². The first-order chi connectivity index (χ1) is 12.0. The van der Waals surface area contributed by atoms with Crippen molar-refractivity contribution in [2.75, 3.05) is 19.1 Å². The molecule has 9 heteroatoms. The zero-order valence-electron chi connectivity index (χ0n) is 13.9. The molecule has 0 aliphatic heterocycles. The molecule has 0 aliphatic rings. The van der Waals surface area contributed by atoms with Crippen molar-refractivity contribution in [2.24, 2.45) is 5.10 Å². The predicted molar refractivity (Wildman–Crippen MR) is 102 cm³/mol. The van der Waals surface area contributed by atoms with Crippen molar-refractivity contribution in [3.63, 3.8) is 0 Å². The fourth-order valence-electron chi connectivity index (χ4n) is 1.88. The molecule has 1 heterocycles. The first-order valence-electron chi connectivity index (χ1n) is 7.43. The molecule has 1 aromatic carbocycles. The summed E-state index contributed by atoms with van der Waals surface area (Å²) in [5.74, 6) is 0.0434. The summed E-state index contributed by atoms with van der Waals surface area (Å²) in [6.45, 7) is 4.27. The van der Waals surface area contributed by atoms with E-state index in [1.54, 1.807) is 25.3 Å². The van der Waals surface area contributed by atoms with E-state index in [0.717, 1.165) is 17.8 Å². The van der Waals surface area contributed by atoms with Crippen molar-refractivity contribution in [2.45, 2.75) is 20.3 Å². The lowest BCUT2D eigenvalue weighted by Crippen LogP contribution is -1.99. The van der Waals surface area contributed by atoms with E-state index in [4.69, 9.17) is 32.7 Å². The third kappa shape index (κ3) is 5.07. The largest absolute Gasteiger partial charge is 0.490 e. The molecule has 0 amide bonds. The Morgan fingerprint density at radius 2 is 2.08 bits per heavy atom. The fourth-order valence-corrected chi connectivity index (χ4v) is 3.33. The molecule has 0 radical (unpaired) electrons. The van der Waals surface area contributed by atoms with Gasteiger partial charge in [0.15, 0.2) is 5.75 Å². The quantitative estimate of drug-likeness (QED) is 0.410. The Morgan fingerprint density at radius 3 is 2.68 bits per heavy atom. The van der Waals surface area contributed by atoms with Crippen molar-refractivity contribution >= 4 is 51.9 Å². The molecule has 0 spiro atoms. The number of hydrogen-bond donors (Lipinski definition) is 1. The second-order valence-corrected chi connectivity index (χ2v) is 6.77. The van der Waals surface area contributed by atoms with Crippen LogP contribution in [-0.2, 0) is 4.74 Å². The third-order valence-corrected chi connectivity index (χ3v) is 4.62. The third-order valence-electron chi connectivity index (χ3n) is 3.01. The highest BCUT2D eigenvalue weighted by Gasteiger charge is 2.15. The van der Waals surface area contributed by atoms with Crippen LogP contribution < -0.4 is 10.2 Å². The molecular weight excluding hydrogens is 385 g/mol. The number of anilines is 1. The molecule has 0 atom stereocenters. The Kier molecular flexibility index (Phi) is 7.04. The van der Waals surface area contributed by atoms with Crippen molar-refractivity contribution in [3.8, 4) is 5.75 Å². The Balaban J connectivity index is 2.08. The minimum absolute atomic E-state index is 0.417. The van der Waals surface area contributed by atoms with E-state index in [9.17, 15) is 4.79 Å². The molecule has 0 saturated heterocycles. The Labute approximate surface area is 159 Å². The zero-order chi connectivity index (χ0) is 18.4. The number of aryl methyl sites for hydroxylation is 1. The molecule has 0 bridgehead atoms. The van der Waals surface area contributed by atoms with E-state index >= 15 is 0 Å². The lowest BCUT2D eigenvalue weighted by Gasteiger charge is -2.09. The molecule has 1 N–H and O–H groups in total. The number of rotatable bonds is 7. The fraction of sp³-hybridized carbons (Fsp3) is 0.312. The molecule has 25 heavy (non-hydrogen) atoms. The summed E-state index contributed by atoms with van der Waals surface area (Å²) in [6.07, 6.45) is 2.41. The molecule has 0 unspecified atom stereocenters. The van der Waals surface area contributed by atoms with Crippen LogP contribution in [0.15, 0.2) is 17.2 Å². The van der Waals surface area contributed by atoms with Crippen LogP contribution in [0.5, 0.6) is 5.75 Å². The average Bonchev–Trinajstić information content (AvgIpc) is 2.94. The number of carbonyl (C=O) groups excluding carboxylic acids is 1. The number of halogens is 2. The number of hydrogen-bond acceptors (Lipinski definition) is 7. The average molecular weight is 402 g/mol. The van der Waals surface area contributed by atoms with Crippen LogP contribution in [-0.4, -0.2) is 30.9 Å². The number of ether oxygens (including phenoxy) is 2. The van der Waals surface area contributed by atoms with Gasteiger partial charge >= 0.3 is 5.97 Å². The van der Waals surface area contributed by atoms with E-state index < -0.39 is 5.97 Å². The van der Waals surface area contributed by atoms with Crippen LogP contribution in [0.25, 0.3) is 0 Å². The van der Waals surface area contributed by atoms with Crippen LogP contribution in [0.3, 0.4) is 0 Å². The Bertz CT molecular complexity index is 770. The number of carbonyl (C=O) groups is 1. The maximum Gasteiger partial charge on any atom is 0.350 e. The van der Waals surface area contributed by atoms with Gasteiger partial charge in [0.1, 0.15) is 4.88 Å². The molecule has 0 saturated carbocycles. The molecular formula is C16H17Cl2N3O3S. The number of nitrogens with one attached hydrogen (secondary N) is 1. The maximum absolute atomic E-state index is 11.6. The van der Waals surface area contributed by atoms with E-state index in [-0.39, 0.29) is 0 Å². The summed E-state index contributed by atoms with van der Waals surface area (Å²) >= 11 is 13.5. The number of hydrazone groups is 1. The lowest BCUT2D eigenvalue weighted by molar-refractivity contribution is 0.0605. The van der Waals surface area contributed by atoms with Crippen molar-refractivity contribution in [3.05, 3.63) is 38.3 Å². The van der Waals surface area contributed by atoms with Gasteiger partial charge in [-0.3, -0.25) is 5.43 Å². The monoisotopic (exact) mass is 401 g/mol. The van der Waals surface area contributed by atoms with Gasteiger partial charge in [0.25, 0.3) is 0 Å². The van der Waals surface area contributed by atoms with Gasteiger partial charge in [-0.05, 0) is 31.0 Å². The number of methoxy groups -OCH3 is 1. The predicted octanol–water partition coefficient (Wildman–Crippen LogP) is 4.78. The normalized spacial score (nSPS) is 10.9. The highest BCUT2D eigenvalue weighted by molar-refractivity contribution is 7.17. The first-order valence-corrected chi connectivity index (χ1v) is 9.00. The van der Waals surface area contributed by atoms with Crippen molar-refractivity contribution in [1.29, 1.82) is 0 Å². The van der Waals surface area contributed by atoms with Gasteiger partial charge in [0.2, 0.25) is 5.13 Å². The number of aromatic nitrogens is 1. The SMILES string of the molecule is CCCOc1c(Cl)cc(/C=N\Nc2nc(C)c(C(=O)OC)s2)cc1Cl. The van der Waals surface area contributed by atoms with Crippen molar-refractivity contribution in [1.82, 2.24) is 4.98 Å². The molecule has 1 aromatic heterocycles. The number of benzene rings is 1. The minimum Gasteiger partial charge on any atom is -0.490 e. The molecule has 2 aromatic rings. The molecule has 2 rings (SSSR count). The molecule has 0 fully saturated rings. The summed E-state index contributed by atoms with van der Waals surface area (Å²) in [4.78, 5) is 16.2. The van der Waals surface area contributed by atoms with Gasteiger partial charge in [-0.1, -0.05) is 41.5 Å². The van der Waals surface area contributed by atoms with E-state index in [2.05, 4.69) is 15.5 Å². The summed E-state index contributed by atoms with van der Waals surface area (Å²) in [6, 6.07) is 3.41. The molecule has 0 aliphatic carbocycles. The zero-order valence-corrected chi connectivity index (χ0v) is 16.3. The number of thiazole rings is 1. The van der Waals surface area contributed by atoms with Gasteiger partial charge in [-0.25, -0.2) is 9.78 Å². The number of nitrogens with zero attached hydrogens (tertiary/aromatic N) is 2. The van der Waals surface area contributed by atoms with E-state index in [1.165, 1.54) is 7.11 Å². The van der Waals surface area contributed by atoms with Gasteiger partial charge in [-0.15, -0.1) is 0 Å². The molecule has 6 nitrogen and oxygen atoms in total. The van der Waals surface area contributed by atoms with E-state index in [1.807, 2.05) is 6.92 Å². The summed E-state index contributed by atoms with van der Waals surface area (Å²) in [5.41, 5.74) is 4.06. The summed E-state index contributed by atoms with van der Waals surface area (Å²) in [5, 5.41) is 5.40. The van der Waals surface area contributed by atoms with Crippen LogP contribution in [0, 0.1) is 6.92 Å². The highest BCUT2D eigenvalue weighted by atomic mass is 35.5. The Morgan fingerprint density at radius 1 is 1.40 bits per heavy atom. The molecule has 134 valence electrons. The van der Waals surface area contributed by atoms with Gasteiger partial charge in [0.05, 0.1) is 35.7 Å². The number of esters is 1. The van der Waals surface area contributed by atoms with Crippen LogP contribution in [0.4, 0.5) is 5.13 Å². The summed E-state index contributed by atoms with van der Waals surface area (Å²) in [7, 11) is 1.33. The van der Waals surface area contributed by atoms with Crippen molar-refractivity contribution < 1.29 is 14.3 Å². The minimum atomic E-state index is -0.423. The topological polar surface area (TPSA) is 72.8 Å². The second kappa shape index (κ2) is 9.03. The van der Waals surface area contributed by atoms with Crippen LogP contribution in [0.1, 0.15) is 34.3 Å². The van der Waals surface area contributed by atoms with Gasteiger partial charge in [-0.2, -0.15) is 5.10 Å². The van der Waals surface area contributed by atoms with Gasteiger partial charge < -0.3 is 9.47 Å². The van der Waals surface area contributed by atoms with Crippen LogP contribution >= 0.6 is 34.5 Å². The standard InChI is InChI=1S/C16H17Cl2N3O3S/c1-4-5-24-13-11(17)6-10(7-12(13)18)8-19-21-16-20-9(2)14(25-16)15(22)23-3/h6-8H,4-5H2,1-3H3,(H,20,21)/b19-8-. The van der Waals surface area contributed by atoms with Gasteiger partial charge in [0, 0.05) is 0 Å². The Hall–Kier alpha value is -1.83. The van der Waals surface area contributed by atoms with E-state index in [0.29, 0.717) is 43.7 Å².